The van der Waals surface area contributed by atoms with Crippen LogP contribution in [0.25, 0.3) is 0 Å². The van der Waals surface area contributed by atoms with Crippen molar-refractivity contribution in [2.45, 2.75) is 19.5 Å². The fourth-order valence-corrected chi connectivity index (χ4v) is 3.89. The van der Waals surface area contributed by atoms with Gasteiger partial charge in [-0.05, 0) is 36.8 Å². The van der Waals surface area contributed by atoms with Crippen LogP contribution in [-0.2, 0) is 6.54 Å². The first kappa shape index (κ1) is 18.2. The van der Waals surface area contributed by atoms with Crippen molar-refractivity contribution in [3.8, 4) is 11.5 Å². The van der Waals surface area contributed by atoms with E-state index in [1.165, 1.54) is 5.56 Å². The second kappa shape index (κ2) is 7.43. The maximum Gasteiger partial charge on any atom is 0.255 e. The van der Waals surface area contributed by atoms with Gasteiger partial charge < -0.3 is 18.9 Å². The lowest BCUT2D eigenvalue weighted by Gasteiger charge is -2.37. The lowest BCUT2D eigenvalue weighted by Crippen LogP contribution is -2.42. The predicted octanol–water partition coefficient (Wildman–Crippen LogP) is 4.06. The number of carbonyl (C=O) groups is 1. The highest BCUT2D eigenvalue weighted by Gasteiger charge is 2.33. The first-order valence-electron chi connectivity index (χ1n) is 9.36. The van der Waals surface area contributed by atoms with Crippen molar-refractivity contribution in [1.82, 2.24) is 9.47 Å². The van der Waals surface area contributed by atoms with Crippen LogP contribution in [0.3, 0.4) is 0 Å². The van der Waals surface area contributed by atoms with Crippen LogP contribution in [0.1, 0.15) is 33.2 Å². The third-order valence-electron chi connectivity index (χ3n) is 5.26. The van der Waals surface area contributed by atoms with Crippen LogP contribution in [0.4, 0.5) is 0 Å². The molecule has 0 spiro atoms. The highest BCUT2D eigenvalue weighted by Crippen LogP contribution is 2.34. The Kier molecular flexibility index (Phi) is 4.82. The second-order valence-corrected chi connectivity index (χ2v) is 7.04. The molecule has 28 heavy (non-hydrogen) atoms. The summed E-state index contributed by atoms with van der Waals surface area (Å²) >= 11 is 0. The van der Waals surface area contributed by atoms with E-state index in [-0.39, 0.29) is 11.9 Å². The molecule has 4 rings (SSSR count). The molecule has 1 unspecified atom stereocenters. The van der Waals surface area contributed by atoms with Crippen molar-refractivity contribution in [2.24, 2.45) is 0 Å². The summed E-state index contributed by atoms with van der Waals surface area (Å²) in [7, 11) is 3.18. The van der Waals surface area contributed by atoms with Crippen LogP contribution < -0.4 is 9.47 Å². The number of aryl methyl sites for hydroxylation is 1. The topological polar surface area (TPSA) is 43.7 Å². The van der Waals surface area contributed by atoms with E-state index in [2.05, 4.69) is 42.0 Å². The van der Waals surface area contributed by atoms with E-state index in [0.29, 0.717) is 23.6 Å². The summed E-state index contributed by atoms with van der Waals surface area (Å²) in [5.41, 5.74) is 3.98. The summed E-state index contributed by atoms with van der Waals surface area (Å²) in [5.74, 6) is 1.18. The average molecular weight is 376 g/mol. The van der Waals surface area contributed by atoms with Crippen molar-refractivity contribution in [2.75, 3.05) is 20.8 Å². The average Bonchev–Trinajstić information content (AvgIpc) is 3.20. The molecule has 3 aromatic rings. The first-order chi connectivity index (χ1) is 13.6. The van der Waals surface area contributed by atoms with Gasteiger partial charge in [-0.25, -0.2) is 0 Å². The van der Waals surface area contributed by atoms with Crippen molar-refractivity contribution < 1.29 is 14.3 Å². The Morgan fingerprint density at radius 3 is 2.39 bits per heavy atom. The van der Waals surface area contributed by atoms with Gasteiger partial charge in [0.15, 0.2) is 0 Å². The van der Waals surface area contributed by atoms with Gasteiger partial charge in [-0.3, -0.25) is 4.79 Å². The fourth-order valence-electron chi connectivity index (χ4n) is 3.89. The summed E-state index contributed by atoms with van der Waals surface area (Å²) < 4.78 is 12.9. The molecule has 0 N–H and O–H groups in total. The smallest absolute Gasteiger partial charge is 0.255 e. The molecule has 1 aromatic heterocycles. The maximum atomic E-state index is 13.5. The number of carbonyl (C=O) groups excluding carboxylic acids is 1. The number of amides is 1. The third-order valence-corrected chi connectivity index (χ3v) is 5.26. The van der Waals surface area contributed by atoms with E-state index in [0.717, 1.165) is 17.8 Å². The van der Waals surface area contributed by atoms with Crippen LogP contribution in [0.5, 0.6) is 11.5 Å². The van der Waals surface area contributed by atoms with Crippen molar-refractivity contribution in [3.05, 3.63) is 83.2 Å². The van der Waals surface area contributed by atoms with Gasteiger partial charge in [0.1, 0.15) is 11.5 Å². The number of hydrogen-bond acceptors (Lipinski definition) is 3. The van der Waals surface area contributed by atoms with Crippen LogP contribution >= 0.6 is 0 Å². The van der Waals surface area contributed by atoms with Gasteiger partial charge in [-0.15, -0.1) is 0 Å². The number of ether oxygens (including phenoxy) is 2. The zero-order chi connectivity index (χ0) is 19.7. The highest BCUT2D eigenvalue weighted by atomic mass is 16.5. The van der Waals surface area contributed by atoms with Gasteiger partial charge in [-0.2, -0.15) is 0 Å². The first-order valence-corrected chi connectivity index (χ1v) is 9.36. The molecule has 5 nitrogen and oxygen atoms in total. The number of benzene rings is 2. The predicted molar refractivity (Wildman–Crippen MR) is 108 cm³/mol. The fraction of sp³-hybridized carbons (Fsp3) is 0.261. The number of nitrogens with zero attached hydrogens (tertiary/aromatic N) is 2. The molecule has 1 aliphatic rings. The van der Waals surface area contributed by atoms with E-state index in [1.807, 2.05) is 17.0 Å². The van der Waals surface area contributed by atoms with Crippen LogP contribution in [0, 0.1) is 6.92 Å². The van der Waals surface area contributed by atoms with E-state index < -0.39 is 0 Å². The summed E-state index contributed by atoms with van der Waals surface area (Å²) in [6, 6.07) is 17.7. The van der Waals surface area contributed by atoms with Gasteiger partial charge in [0.05, 0.1) is 20.3 Å². The molecule has 0 saturated carbocycles. The molecule has 0 radical (unpaired) electrons. The normalized spacial score (nSPS) is 15.8. The Balaban J connectivity index is 1.78. The Hall–Kier alpha value is -3.21. The zero-order valence-electron chi connectivity index (χ0n) is 16.4. The minimum absolute atomic E-state index is 0.0313. The van der Waals surface area contributed by atoms with Crippen LogP contribution in [-0.4, -0.2) is 36.1 Å². The van der Waals surface area contributed by atoms with Gasteiger partial charge in [0, 0.05) is 36.6 Å². The maximum absolute atomic E-state index is 13.5. The van der Waals surface area contributed by atoms with Crippen LogP contribution in [0.15, 0.2) is 60.8 Å². The minimum atomic E-state index is -0.131. The molecule has 2 aromatic carbocycles. The highest BCUT2D eigenvalue weighted by molar-refractivity contribution is 5.95. The Morgan fingerprint density at radius 1 is 0.964 bits per heavy atom. The van der Waals surface area contributed by atoms with Gasteiger partial charge in [0.2, 0.25) is 0 Å². The van der Waals surface area contributed by atoms with E-state index in [9.17, 15) is 4.79 Å². The number of fused-ring (bicyclic) bond motifs is 1. The van der Waals surface area contributed by atoms with Gasteiger partial charge in [-0.1, -0.05) is 29.8 Å². The molecule has 0 aliphatic carbocycles. The Bertz CT molecular complexity index is 986. The monoisotopic (exact) mass is 376 g/mol. The summed E-state index contributed by atoms with van der Waals surface area (Å²) in [6.45, 7) is 3.49. The summed E-state index contributed by atoms with van der Waals surface area (Å²) in [6.07, 6.45) is 2.08. The summed E-state index contributed by atoms with van der Waals surface area (Å²) in [4.78, 5) is 15.5. The SMILES string of the molecule is COc1cc(OC)cc(C(=O)N2CCn3cccc3C2c2cccc(C)c2)c1. The molecular formula is C23H24N2O3. The van der Waals surface area contributed by atoms with Gasteiger partial charge in [0.25, 0.3) is 5.91 Å². The number of methoxy groups -OCH3 is 2. The van der Waals surface area contributed by atoms with E-state index in [1.54, 1.807) is 32.4 Å². The van der Waals surface area contributed by atoms with Gasteiger partial charge >= 0.3 is 0 Å². The number of aromatic nitrogens is 1. The Morgan fingerprint density at radius 2 is 1.71 bits per heavy atom. The van der Waals surface area contributed by atoms with E-state index in [4.69, 9.17) is 9.47 Å². The lowest BCUT2D eigenvalue weighted by molar-refractivity contribution is 0.0663. The quantitative estimate of drug-likeness (QED) is 0.690. The molecule has 0 bridgehead atoms. The number of rotatable bonds is 4. The number of hydrogen-bond donors (Lipinski definition) is 0. The zero-order valence-corrected chi connectivity index (χ0v) is 16.4. The van der Waals surface area contributed by atoms with Crippen molar-refractivity contribution in [1.29, 1.82) is 0 Å². The molecule has 144 valence electrons. The molecule has 5 heteroatoms. The molecule has 0 saturated heterocycles. The van der Waals surface area contributed by atoms with E-state index >= 15 is 0 Å². The van der Waals surface area contributed by atoms with Crippen molar-refractivity contribution >= 4 is 5.91 Å². The molecule has 2 heterocycles. The van der Waals surface area contributed by atoms with Crippen molar-refractivity contribution in [3.63, 3.8) is 0 Å². The molecule has 1 atom stereocenters. The third kappa shape index (κ3) is 3.24. The Labute approximate surface area is 165 Å². The molecular weight excluding hydrogens is 352 g/mol. The molecule has 1 aliphatic heterocycles. The largest absolute Gasteiger partial charge is 0.497 e. The molecule has 1 amide bonds. The molecule has 0 fully saturated rings. The summed E-state index contributed by atoms with van der Waals surface area (Å²) in [5, 5.41) is 0. The lowest BCUT2D eigenvalue weighted by atomic mass is 9.97. The minimum Gasteiger partial charge on any atom is -0.497 e. The second-order valence-electron chi connectivity index (χ2n) is 7.04. The van der Waals surface area contributed by atoms with Crippen LogP contribution in [0.2, 0.25) is 0 Å². The standard InChI is InChI=1S/C23H24N2O3/c1-16-6-4-7-17(12-16)22-21-8-5-9-24(21)10-11-25(22)23(26)18-13-19(27-2)15-20(14-18)28-3/h4-9,12-15,22H,10-11H2,1-3H3.